The van der Waals surface area contributed by atoms with E-state index in [4.69, 9.17) is 0 Å². The van der Waals surface area contributed by atoms with Crippen molar-refractivity contribution in [3.8, 4) is 0 Å². The third-order valence-electron chi connectivity index (χ3n) is 4.72. The fourth-order valence-electron chi connectivity index (χ4n) is 3.16. The quantitative estimate of drug-likeness (QED) is 0.768. The van der Waals surface area contributed by atoms with E-state index in [0.717, 1.165) is 18.9 Å². The van der Waals surface area contributed by atoms with Crippen LogP contribution in [0.15, 0.2) is 16.7 Å². The van der Waals surface area contributed by atoms with E-state index < -0.39 is 11.7 Å². The largest absolute Gasteiger partial charge is 0.419 e. The maximum atomic E-state index is 13.2. The summed E-state index contributed by atoms with van der Waals surface area (Å²) in [6.07, 6.45) is 0.175. The van der Waals surface area contributed by atoms with Crippen molar-refractivity contribution in [2.24, 2.45) is 5.92 Å². The summed E-state index contributed by atoms with van der Waals surface area (Å²) in [5, 5.41) is 0. The van der Waals surface area contributed by atoms with Gasteiger partial charge in [-0.1, -0.05) is 0 Å². The van der Waals surface area contributed by atoms with Gasteiger partial charge in [-0.25, -0.2) is 4.98 Å². The van der Waals surface area contributed by atoms with Crippen LogP contribution in [0.1, 0.15) is 31.2 Å². The highest BCUT2D eigenvalue weighted by Gasteiger charge is 2.38. The third-order valence-corrected chi connectivity index (χ3v) is 5.16. The first-order valence-corrected chi connectivity index (χ1v) is 8.81. The molecule has 0 N–H and O–H groups in total. The molecule has 1 saturated heterocycles. The van der Waals surface area contributed by atoms with Crippen LogP contribution in [0.25, 0.3) is 0 Å². The average Bonchev–Trinajstić information content (AvgIpc) is 3.38. The zero-order valence-electron chi connectivity index (χ0n) is 13.3. The molecule has 132 valence electrons. The Labute approximate surface area is 147 Å². The van der Waals surface area contributed by atoms with Gasteiger partial charge in [-0.05, 0) is 47.7 Å². The number of hydrogen-bond acceptors (Lipinski definition) is 3. The summed E-state index contributed by atoms with van der Waals surface area (Å²) >= 11 is 3.05. The summed E-state index contributed by atoms with van der Waals surface area (Å²) in [4.78, 5) is 19.6. The van der Waals surface area contributed by atoms with Crippen molar-refractivity contribution in [1.82, 2.24) is 9.88 Å². The Kier molecular flexibility index (Phi) is 4.77. The lowest BCUT2D eigenvalue weighted by Crippen LogP contribution is -2.46. The smallest absolute Gasteiger partial charge is 0.356 e. The molecule has 3 rings (SSSR count). The zero-order valence-corrected chi connectivity index (χ0v) is 14.9. The number of hydrogen-bond donors (Lipinski definition) is 0. The Bertz CT molecular complexity index is 625. The first kappa shape index (κ1) is 17.5. The van der Waals surface area contributed by atoms with E-state index in [1.165, 1.54) is 6.20 Å². The molecule has 1 aromatic heterocycles. The highest BCUT2D eigenvalue weighted by molar-refractivity contribution is 9.10. The Morgan fingerprint density at radius 2 is 1.92 bits per heavy atom. The minimum absolute atomic E-state index is 0.0275. The maximum absolute atomic E-state index is 13.2. The molecule has 8 heteroatoms. The minimum atomic E-state index is -4.44. The van der Waals surface area contributed by atoms with Crippen molar-refractivity contribution in [2.75, 3.05) is 25.0 Å². The van der Waals surface area contributed by atoms with Gasteiger partial charge in [-0.3, -0.25) is 4.79 Å². The predicted molar refractivity (Wildman–Crippen MR) is 87.7 cm³/mol. The maximum Gasteiger partial charge on any atom is 0.419 e. The van der Waals surface area contributed by atoms with Crippen LogP contribution in [0, 0.1) is 5.92 Å². The molecule has 0 atom stereocenters. The number of carbonyl (C=O) groups is 1. The van der Waals surface area contributed by atoms with Gasteiger partial charge < -0.3 is 9.80 Å². The van der Waals surface area contributed by atoms with Crippen LogP contribution in [-0.2, 0) is 11.0 Å². The number of carbonyl (C=O) groups excluding carboxylic acids is 1. The Morgan fingerprint density at radius 3 is 2.46 bits per heavy atom. The van der Waals surface area contributed by atoms with Crippen LogP contribution < -0.4 is 4.90 Å². The molecule has 1 aliphatic carbocycles. The molecular formula is C16H19BrF3N3O. The number of amides is 1. The Morgan fingerprint density at radius 1 is 1.29 bits per heavy atom. The van der Waals surface area contributed by atoms with Crippen LogP contribution >= 0.6 is 15.9 Å². The Hall–Kier alpha value is -1.31. The molecule has 1 aromatic rings. The topological polar surface area (TPSA) is 36.4 Å². The lowest BCUT2D eigenvalue weighted by molar-refractivity contribution is -0.137. The molecule has 2 aliphatic rings. The second-order valence-corrected chi connectivity index (χ2v) is 7.38. The molecule has 1 aliphatic heterocycles. The molecule has 0 bridgehead atoms. The van der Waals surface area contributed by atoms with E-state index in [-0.39, 0.29) is 23.7 Å². The van der Waals surface area contributed by atoms with Crippen molar-refractivity contribution in [3.63, 3.8) is 0 Å². The molecule has 24 heavy (non-hydrogen) atoms. The van der Waals surface area contributed by atoms with Crippen LogP contribution in [0.3, 0.4) is 0 Å². The van der Waals surface area contributed by atoms with Crippen molar-refractivity contribution in [1.29, 1.82) is 0 Å². The first-order chi connectivity index (χ1) is 11.3. The normalized spacial score (nSPS) is 19.5. The van der Waals surface area contributed by atoms with Gasteiger partial charge in [0, 0.05) is 42.8 Å². The standard InChI is InChI=1S/C16H19BrF3N3O/c1-22(15(24)10-2-3-10)12-4-6-23(7-5-12)14-13(16(18,19)20)8-11(17)9-21-14/h8-10,12H,2-7H2,1H3. The number of rotatable bonds is 3. The van der Waals surface area contributed by atoms with Crippen LogP contribution in [0.5, 0.6) is 0 Å². The monoisotopic (exact) mass is 405 g/mol. The van der Waals surface area contributed by atoms with Crippen molar-refractivity contribution in [3.05, 3.63) is 22.3 Å². The average molecular weight is 406 g/mol. The van der Waals surface area contributed by atoms with Crippen molar-refractivity contribution >= 4 is 27.7 Å². The lowest BCUT2D eigenvalue weighted by Gasteiger charge is -2.38. The summed E-state index contributed by atoms with van der Waals surface area (Å²) in [5.74, 6) is 0.310. The number of pyridine rings is 1. The molecule has 0 unspecified atom stereocenters. The van der Waals surface area contributed by atoms with Gasteiger partial charge in [0.2, 0.25) is 5.91 Å². The van der Waals surface area contributed by atoms with Crippen molar-refractivity contribution in [2.45, 2.75) is 37.9 Å². The highest BCUT2D eigenvalue weighted by Crippen LogP contribution is 2.38. The number of aromatic nitrogens is 1. The van der Waals surface area contributed by atoms with E-state index in [2.05, 4.69) is 20.9 Å². The summed E-state index contributed by atoms with van der Waals surface area (Å²) < 4.78 is 40.1. The fraction of sp³-hybridized carbons (Fsp3) is 0.625. The molecule has 0 radical (unpaired) electrons. The van der Waals surface area contributed by atoms with Gasteiger partial charge in [0.1, 0.15) is 5.82 Å². The number of anilines is 1. The molecule has 0 spiro atoms. The van der Waals surface area contributed by atoms with E-state index in [1.54, 1.807) is 16.8 Å². The third kappa shape index (κ3) is 3.68. The van der Waals surface area contributed by atoms with Gasteiger partial charge in [0.05, 0.1) is 5.56 Å². The van der Waals surface area contributed by atoms with E-state index in [9.17, 15) is 18.0 Å². The summed E-state index contributed by atoms with van der Waals surface area (Å²) in [6, 6.07) is 1.16. The van der Waals surface area contributed by atoms with Gasteiger partial charge in [-0.2, -0.15) is 13.2 Å². The summed E-state index contributed by atoms with van der Waals surface area (Å²) in [5.41, 5.74) is -0.724. The molecule has 2 fully saturated rings. The number of nitrogens with zero attached hydrogens (tertiary/aromatic N) is 3. The molecule has 1 amide bonds. The molecule has 4 nitrogen and oxygen atoms in total. The molecule has 1 saturated carbocycles. The van der Waals surface area contributed by atoms with Gasteiger partial charge in [0.25, 0.3) is 0 Å². The van der Waals surface area contributed by atoms with Crippen LogP contribution in [0.4, 0.5) is 19.0 Å². The highest BCUT2D eigenvalue weighted by atomic mass is 79.9. The number of alkyl halides is 3. The Balaban J connectivity index is 1.70. The summed E-state index contributed by atoms with van der Waals surface area (Å²) in [7, 11) is 1.81. The second kappa shape index (κ2) is 6.54. The molecular weight excluding hydrogens is 387 g/mol. The SMILES string of the molecule is CN(C(=O)C1CC1)C1CCN(c2ncc(Br)cc2C(F)(F)F)CC1. The van der Waals surface area contributed by atoms with E-state index in [0.29, 0.717) is 30.4 Å². The van der Waals surface area contributed by atoms with Crippen LogP contribution in [-0.4, -0.2) is 42.0 Å². The molecule has 0 aromatic carbocycles. The molecule has 2 heterocycles. The first-order valence-electron chi connectivity index (χ1n) is 8.01. The number of piperidine rings is 1. The minimum Gasteiger partial charge on any atom is -0.356 e. The fourth-order valence-corrected chi connectivity index (χ4v) is 3.49. The van der Waals surface area contributed by atoms with Crippen LogP contribution in [0.2, 0.25) is 0 Å². The van der Waals surface area contributed by atoms with Gasteiger partial charge >= 0.3 is 6.18 Å². The van der Waals surface area contributed by atoms with E-state index in [1.807, 2.05) is 0 Å². The second-order valence-electron chi connectivity index (χ2n) is 6.46. The van der Waals surface area contributed by atoms with Crippen molar-refractivity contribution < 1.29 is 18.0 Å². The van der Waals surface area contributed by atoms with Gasteiger partial charge in [-0.15, -0.1) is 0 Å². The summed E-state index contributed by atoms with van der Waals surface area (Å²) in [6.45, 7) is 0.926. The number of halogens is 4. The predicted octanol–water partition coefficient (Wildman–Crippen LogP) is 3.70. The van der Waals surface area contributed by atoms with Gasteiger partial charge in [0.15, 0.2) is 0 Å². The zero-order chi connectivity index (χ0) is 17.5. The lowest BCUT2D eigenvalue weighted by atomic mass is 10.0. The van der Waals surface area contributed by atoms with E-state index >= 15 is 0 Å².